The van der Waals surface area contributed by atoms with Gasteiger partial charge < -0.3 is 14.9 Å². The zero-order valence-corrected chi connectivity index (χ0v) is 23.6. The predicted molar refractivity (Wildman–Crippen MR) is 151 cm³/mol. The van der Waals surface area contributed by atoms with Gasteiger partial charge in [-0.05, 0) is 44.6 Å². The molecule has 3 rings (SSSR count). The van der Waals surface area contributed by atoms with Crippen LogP contribution in [0.1, 0.15) is 64.2 Å². The Morgan fingerprint density at radius 2 is 2.03 bits per heavy atom. The third-order valence-electron chi connectivity index (χ3n) is 7.14. The summed E-state index contributed by atoms with van der Waals surface area (Å²) in [5.41, 5.74) is -0.841. The Bertz CT molecular complexity index is 1120. The molecule has 37 heavy (non-hydrogen) atoms. The Morgan fingerprint density at radius 3 is 2.76 bits per heavy atom. The van der Waals surface area contributed by atoms with Crippen molar-refractivity contribution in [1.29, 1.82) is 0 Å². The molecular formula is C30H39ClO5S. The van der Waals surface area contributed by atoms with Crippen molar-refractivity contribution in [2.45, 2.75) is 77.9 Å². The largest absolute Gasteiger partial charge is 0.466 e. The molecule has 0 radical (unpaired) electrons. The highest BCUT2D eigenvalue weighted by molar-refractivity contribution is 7.19. The van der Waals surface area contributed by atoms with Crippen LogP contribution in [0.4, 0.5) is 0 Å². The van der Waals surface area contributed by atoms with E-state index in [4.69, 9.17) is 16.3 Å². The standard InChI is InChI=1S/C30H39ClO5S/c1-4-19-36-26(33)14-8-6-5-7-11-21-22(29(35)30(2,3)28(21)34)17-15-20(32)16-18-25-27(31)23-12-9-10-13-24(23)37-25/h5,7,9-10,12-13,15,17,20-22,29,32,35H,4,6,8,11,14,16,18-19H2,1-3H3/b7-5+,17-15+/t20-,21+,22+,29-/m0/s1. The van der Waals surface area contributed by atoms with Crippen LogP contribution >= 0.6 is 22.9 Å². The van der Waals surface area contributed by atoms with Crippen molar-refractivity contribution in [2.24, 2.45) is 17.3 Å². The van der Waals surface area contributed by atoms with Gasteiger partial charge in [0, 0.05) is 33.2 Å². The van der Waals surface area contributed by atoms with Crippen LogP contribution in [0.2, 0.25) is 5.02 Å². The van der Waals surface area contributed by atoms with Gasteiger partial charge in [-0.15, -0.1) is 11.3 Å². The Kier molecular flexibility index (Phi) is 10.9. The smallest absolute Gasteiger partial charge is 0.305 e. The predicted octanol–water partition coefficient (Wildman–Crippen LogP) is 6.68. The molecule has 4 atom stereocenters. The second kappa shape index (κ2) is 13.7. The van der Waals surface area contributed by atoms with Crippen LogP contribution in [0.25, 0.3) is 10.1 Å². The summed E-state index contributed by atoms with van der Waals surface area (Å²) in [5, 5.41) is 23.3. The van der Waals surface area contributed by atoms with Crippen molar-refractivity contribution in [3.8, 4) is 0 Å². The lowest BCUT2D eigenvalue weighted by molar-refractivity contribution is -0.143. The third kappa shape index (κ3) is 7.53. The average Bonchev–Trinajstić information content (AvgIpc) is 3.28. The maximum Gasteiger partial charge on any atom is 0.305 e. The highest BCUT2D eigenvalue weighted by atomic mass is 35.5. The zero-order valence-electron chi connectivity index (χ0n) is 22.0. The van der Waals surface area contributed by atoms with Gasteiger partial charge in [0.2, 0.25) is 0 Å². The lowest BCUT2D eigenvalue weighted by atomic mass is 9.86. The number of fused-ring (bicyclic) bond motifs is 1. The number of carbonyl (C=O) groups excluding carboxylic acids is 2. The van der Waals surface area contributed by atoms with E-state index in [-0.39, 0.29) is 23.6 Å². The molecule has 1 aliphatic rings. The van der Waals surface area contributed by atoms with Crippen molar-refractivity contribution < 1.29 is 24.5 Å². The highest BCUT2D eigenvalue weighted by Gasteiger charge is 2.52. The molecule has 1 heterocycles. The van der Waals surface area contributed by atoms with Gasteiger partial charge in [0.05, 0.1) is 29.3 Å². The number of thiophene rings is 1. The van der Waals surface area contributed by atoms with E-state index in [1.54, 1.807) is 31.3 Å². The molecular weight excluding hydrogens is 508 g/mol. The summed E-state index contributed by atoms with van der Waals surface area (Å²) in [4.78, 5) is 25.7. The molecule has 0 spiro atoms. The number of ketones is 1. The number of Topliss-reactive ketones (excluding diaryl/α,β-unsaturated/α-hetero) is 1. The number of carbonyl (C=O) groups is 2. The number of aryl methyl sites for hydroxylation is 1. The van der Waals surface area contributed by atoms with Gasteiger partial charge in [0.1, 0.15) is 5.78 Å². The lowest BCUT2D eigenvalue weighted by Crippen LogP contribution is -2.31. The Labute approximate surface area is 229 Å². The van der Waals surface area contributed by atoms with Crippen molar-refractivity contribution in [1.82, 2.24) is 0 Å². The fourth-order valence-electron chi connectivity index (χ4n) is 4.87. The maximum atomic E-state index is 13.1. The zero-order chi connectivity index (χ0) is 27.0. The minimum Gasteiger partial charge on any atom is -0.466 e. The Balaban J connectivity index is 1.55. The number of rotatable bonds is 13. The van der Waals surface area contributed by atoms with Gasteiger partial charge in [-0.25, -0.2) is 0 Å². The average molecular weight is 547 g/mol. The quantitative estimate of drug-likeness (QED) is 0.166. The number of aliphatic hydroxyl groups excluding tert-OH is 2. The van der Waals surface area contributed by atoms with Crippen LogP contribution in [0, 0.1) is 17.3 Å². The maximum absolute atomic E-state index is 13.1. The van der Waals surface area contributed by atoms with Crippen LogP contribution in [0.3, 0.4) is 0 Å². The summed E-state index contributed by atoms with van der Waals surface area (Å²) in [6, 6.07) is 8.00. The van der Waals surface area contributed by atoms with Crippen LogP contribution in [0.15, 0.2) is 48.6 Å². The molecule has 0 amide bonds. The second-order valence-electron chi connectivity index (χ2n) is 10.4. The number of esters is 1. The van der Waals surface area contributed by atoms with Crippen LogP contribution in [-0.4, -0.2) is 40.8 Å². The molecule has 2 N–H and O–H groups in total. The molecule has 1 fully saturated rings. The van der Waals surface area contributed by atoms with E-state index >= 15 is 0 Å². The second-order valence-corrected chi connectivity index (χ2v) is 11.9. The molecule has 1 aromatic heterocycles. The molecule has 0 unspecified atom stereocenters. The first kappa shape index (κ1) is 29.6. The number of unbranched alkanes of at least 4 members (excludes halogenated alkanes) is 1. The Hall–Kier alpha value is -1.99. The van der Waals surface area contributed by atoms with Gasteiger partial charge >= 0.3 is 5.97 Å². The van der Waals surface area contributed by atoms with E-state index in [1.807, 2.05) is 49.4 Å². The summed E-state index contributed by atoms with van der Waals surface area (Å²) in [6.45, 7) is 5.99. The third-order valence-corrected chi connectivity index (χ3v) is 8.91. The van der Waals surface area contributed by atoms with Gasteiger partial charge in [-0.3, -0.25) is 9.59 Å². The molecule has 5 nitrogen and oxygen atoms in total. The first-order valence-corrected chi connectivity index (χ1v) is 14.4. The van der Waals surface area contributed by atoms with E-state index in [1.165, 1.54) is 0 Å². The minimum atomic E-state index is -0.841. The minimum absolute atomic E-state index is 0.0361. The summed E-state index contributed by atoms with van der Waals surface area (Å²) >= 11 is 8.18. The highest BCUT2D eigenvalue weighted by Crippen LogP contribution is 2.45. The fourth-order valence-corrected chi connectivity index (χ4v) is 6.42. The Morgan fingerprint density at radius 1 is 1.27 bits per heavy atom. The normalized spacial score (nSPS) is 22.4. The topological polar surface area (TPSA) is 83.8 Å². The van der Waals surface area contributed by atoms with E-state index in [0.717, 1.165) is 32.8 Å². The van der Waals surface area contributed by atoms with Crippen molar-refractivity contribution >= 4 is 44.8 Å². The number of hydrogen-bond donors (Lipinski definition) is 2. The van der Waals surface area contributed by atoms with E-state index in [9.17, 15) is 19.8 Å². The van der Waals surface area contributed by atoms with Gasteiger partial charge in [0.25, 0.3) is 0 Å². The number of hydrogen-bond acceptors (Lipinski definition) is 6. The molecule has 1 saturated carbocycles. The molecule has 202 valence electrons. The molecule has 1 aromatic carbocycles. The van der Waals surface area contributed by atoms with Crippen molar-refractivity contribution in [2.75, 3.05) is 6.61 Å². The fraction of sp³-hybridized carbons (Fsp3) is 0.533. The van der Waals surface area contributed by atoms with Crippen molar-refractivity contribution in [3.63, 3.8) is 0 Å². The summed E-state index contributed by atoms with van der Waals surface area (Å²) in [7, 11) is 0. The lowest BCUT2D eigenvalue weighted by Gasteiger charge is -2.22. The summed E-state index contributed by atoms with van der Waals surface area (Å²) in [6.07, 6.45) is 10.3. The number of halogens is 1. The molecule has 7 heteroatoms. The van der Waals surface area contributed by atoms with Gasteiger partial charge in [-0.1, -0.05) is 74.9 Å². The summed E-state index contributed by atoms with van der Waals surface area (Å²) in [5.74, 6) is -0.853. The first-order chi connectivity index (χ1) is 17.7. The molecule has 1 aliphatic carbocycles. The molecule has 2 aromatic rings. The summed E-state index contributed by atoms with van der Waals surface area (Å²) < 4.78 is 6.21. The number of allylic oxidation sites excluding steroid dienone is 2. The molecule has 0 bridgehead atoms. The van der Waals surface area contributed by atoms with Gasteiger partial charge in [-0.2, -0.15) is 0 Å². The SMILES string of the molecule is CCCOC(=O)CCC/C=C/C[C@H]1C(=O)C(C)(C)[C@@H](O)[C@@H]1/C=C/[C@H](O)CCc1sc2ccccc2c1Cl. The molecule has 0 saturated heterocycles. The van der Waals surface area contributed by atoms with E-state index < -0.39 is 17.6 Å². The molecule has 0 aliphatic heterocycles. The number of ether oxygens (including phenoxy) is 1. The van der Waals surface area contributed by atoms with Crippen molar-refractivity contribution in [3.05, 3.63) is 58.5 Å². The van der Waals surface area contributed by atoms with Gasteiger partial charge in [0.15, 0.2) is 0 Å². The first-order valence-electron chi connectivity index (χ1n) is 13.2. The van der Waals surface area contributed by atoms with E-state index in [0.29, 0.717) is 38.7 Å². The monoisotopic (exact) mass is 546 g/mol. The van der Waals surface area contributed by atoms with Crippen LogP contribution in [0.5, 0.6) is 0 Å². The van der Waals surface area contributed by atoms with E-state index in [2.05, 4.69) is 0 Å². The van der Waals surface area contributed by atoms with Crippen LogP contribution < -0.4 is 0 Å². The number of aliphatic hydroxyl groups is 2. The van der Waals surface area contributed by atoms with Crippen LogP contribution in [-0.2, 0) is 20.7 Å². The number of benzene rings is 1.